The van der Waals surface area contributed by atoms with Crippen LogP contribution < -0.4 is 4.90 Å². The predicted molar refractivity (Wildman–Crippen MR) is 96.4 cm³/mol. The van der Waals surface area contributed by atoms with Crippen LogP contribution in [0, 0.1) is 19.7 Å². The van der Waals surface area contributed by atoms with E-state index in [1.807, 2.05) is 20.8 Å². The molecule has 0 spiro atoms. The summed E-state index contributed by atoms with van der Waals surface area (Å²) in [4.78, 5) is 28.2. The van der Waals surface area contributed by atoms with Gasteiger partial charge in [0.15, 0.2) is 11.6 Å². The Labute approximate surface area is 157 Å². The Kier molecular flexibility index (Phi) is 4.99. The van der Waals surface area contributed by atoms with E-state index in [1.54, 1.807) is 23.6 Å². The smallest absolute Gasteiger partial charge is 0.410 e. The van der Waals surface area contributed by atoms with Crippen molar-refractivity contribution in [3.8, 4) is 5.95 Å². The molecule has 3 rings (SSSR count). The van der Waals surface area contributed by atoms with Crippen LogP contribution >= 0.6 is 0 Å². The lowest BCUT2D eigenvalue weighted by Gasteiger charge is -2.36. The zero-order valence-corrected chi connectivity index (χ0v) is 16.2. The van der Waals surface area contributed by atoms with Crippen molar-refractivity contribution < 1.29 is 13.9 Å². The van der Waals surface area contributed by atoms with Crippen molar-refractivity contribution in [2.24, 2.45) is 0 Å². The van der Waals surface area contributed by atoms with Crippen molar-refractivity contribution in [1.29, 1.82) is 0 Å². The first kappa shape index (κ1) is 19.0. The highest BCUT2D eigenvalue weighted by Crippen LogP contribution is 2.20. The fourth-order valence-corrected chi connectivity index (χ4v) is 2.81. The third kappa shape index (κ3) is 4.32. The van der Waals surface area contributed by atoms with Gasteiger partial charge in [0, 0.05) is 26.2 Å². The third-order valence-electron chi connectivity index (χ3n) is 4.01. The van der Waals surface area contributed by atoms with Gasteiger partial charge in [-0.05, 0) is 34.6 Å². The number of aryl methyl sites for hydroxylation is 2. The number of anilines is 1. The molecule has 1 aliphatic heterocycles. The summed E-state index contributed by atoms with van der Waals surface area (Å²) in [6, 6.07) is 0. The molecule has 1 amide bonds. The Hall–Kier alpha value is -2.78. The minimum absolute atomic E-state index is 0.191. The van der Waals surface area contributed by atoms with Gasteiger partial charge >= 0.3 is 6.09 Å². The molecule has 0 saturated carbocycles. The molecule has 0 aliphatic carbocycles. The fourth-order valence-electron chi connectivity index (χ4n) is 2.81. The van der Waals surface area contributed by atoms with Crippen molar-refractivity contribution in [3.05, 3.63) is 23.7 Å². The van der Waals surface area contributed by atoms with Crippen molar-refractivity contribution in [3.63, 3.8) is 0 Å². The van der Waals surface area contributed by atoms with E-state index in [0.29, 0.717) is 37.8 Å². The molecular weight excluding hydrogens is 353 g/mol. The largest absolute Gasteiger partial charge is 0.444 e. The van der Waals surface area contributed by atoms with Crippen LogP contribution in [-0.4, -0.2) is 67.5 Å². The second-order valence-electron chi connectivity index (χ2n) is 7.41. The van der Waals surface area contributed by atoms with Crippen LogP contribution in [0.2, 0.25) is 0 Å². The molecule has 10 heteroatoms. The third-order valence-corrected chi connectivity index (χ3v) is 4.01. The summed E-state index contributed by atoms with van der Waals surface area (Å²) in [7, 11) is 0. The second-order valence-corrected chi connectivity index (χ2v) is 7.41. The first-order valence-corrected chi connectivity index (χ1v) is 8.80. The normalized spacial score (nSPS) is 15.2. The lowest BCUT2D eigenvalue weighted by atomic mass is 10.2. The highest BCUT2D eigenvalue weighted by molar-refractivity contribution is 5.68. The van der Waals surface area contributed by atoms with E-state index >= 15 is 0 Å². The van der Waals surface area contributed by atoms with Gasteiger partial charge in [-0.3, -0.25) is 0 Å². The molecule has 9 nitrogen and oxygen atoms in total. The number of aromatic nitrogens is 5. The topological polar surface area (TPSA) is 89.3 Å². The Morgan fingerprint density at radius 3 is 2.37 bits per heavy atom. The highest BCUT2D eigenvalue weighted by Gasteiger charge is 2.27. The van der Waals surface area contributed by atoms with Gasteiger partial charge < -0.3 is 14.5 Å². The minimum atomic E-state index is -0.546. The summed E-state index contributed by atoms with van der Waals surface area (Å²) >= 11 is 0. The molecule has 0 radical (unpaired) electrons. The fraction of sp³-hybridized carbons (Fsp3) is 0.588. The molecule has 0 unspecified atom stereocenters. The maximum atomic E-state index is 14.3. The number of hydrogen-bond donors (Lipinski definition) is 0. The molecule has 2 aromatic rings. The van der Waals surface area contributed by atoms with Gasteiger partial charge in [-0.25, -0.2) is 19.2 Å². The molecule has 0 aromatic carbocycles. The quantitative estimate of drug-likeness (QED) is 0.789. The summed E-state index contributed by atoms with van der Waals surface area (Å²) in [6.07, 6.45) is 0.772. The number of ether oxygens (including phenoxy) is 1. The molecule has 1 saturated heterocycles. The lowest BCUT2D eigenvalue weighted by molar-refractivity contribution is 0.0240. The van der Waals surface area contributed by atoms with Gasteiger partial charge in [0.05, 0.1) is 6.20 Å². The molecular formula is C17H24FN7O2. The summed E-state index contributed by atoms with van der Waals surface area (Å²) in [5.41, 5.74) is -0.546. The van der Waals surface area contributed by atoms with Gasteiger partial charge in [-0.15, -0.1) is 5.10 Å². The number of carbonyl (C=O) groups is 1. The lowest BCUT2D eigenvalue weighted by Crippen LogP contribution is -2.50. The van der Waals surface area contributed by atoms with Gasteiger partial charge in [0.25, 0.3) is 5.95 Å². The van der Waals surface area contributed by atoms with Gasteiger partial charge in [0.2, 0.25) is 0 Å². The van der Waals surface area contributed by atoms with Crippen LogP contribution in [0.15, 0.2) is 6.20 Å². The number of halogens is 1. The van der Waals surface area contributed by atoms with E-state index in [1.165, 1.54) is 4.68 Å². The molecule has 2 aromatic heterocycles. The molecule has 0 bridgehead atoms. The standard InChI is InChI=1S/C17H24FN7O2/c1-11-20-12(2)25(22-11)15-19-10-13(18)14(21-15)23-6-8-24(9-7-23)16(26)27-17(3,4)5/h10H,6-9H2,1-5H3. The predicted octanol–water partition coefficient (Wildman–Crippen LogP) is 1.87. The van der Waals surface area contributed by atoms with E-state index in [0.717, 1.165) is 6.20 Å². The van der Waals surface area contributed by atoms with E-state index < -0.39 is 11.4 Å². The van der Waals surface area contributed by atoms with Crippen LogP contribution in [0.25, 0.3) is 5.95 Å². The first-order chi connectivity index (χ1) is 12.6. The summed E-state index contributed by atoms with van der Waals surface area (Å²) in [5.74, 6) is 1.15. The van der Waals surface area contributed by atoms with Crippen LogP contribution in [0.3, 0.4) is 0 Å². The second kappa shape index (κ2) is 7.09. The number of nitrogens with zero attached hydrogens (tertiary/aromatic N) is 7. The SMILES string of the molecule is Cc1nc(C)n(-c2ncc(F)c(N3CCN(C(=O)OC(C)(C)C)CC3)n2)n1. The van der Waals surface area contributed by atoms with E-state index in [2.05, 4.69) is 20.1 Å². The van der Waals surface area contributed by atoms with E-state index in [4.69, 9.17) is 4.74 Å². The molecule has 1 fully saturated rings. The monoisotopic (exact) mass is 377 g/mol. The molecule has 0 N–H and O–H groups in total. The Balaban J connectivity index is 1.74. The van der Waals surface area contributed by atoms with Crippen LogP contribution in [-0.2, 0) is 4.74 Å². The number of piperazine rings is 1. The zero-order valence-electron chi connectivity index (χ0n) is 16.2. The van der Waals surface area contributed by atoms with Crippen molar-refractivity contribution in [1.82, 2.24) is 29.6 Å². The number of hydrogen-bond acceptors (Lipinski definition) is 7. The summed E-state index contributed by atoms with van der Waals surface area (Å²) in [5, 5.41) is 4.24. The Morgan fingerprint density at radius 1 is 1.15 bits per heavy atom. The van der Waals surface area contributed by atoms with Gasteiger partial charge in [-0.1, -0.05) is 0 Å². The maximum Gasteiger partial charge on any atom is 0.410 e. The van der Waals surface area contributed by atoms with Gasteiger partial charge in [-0.2, -0.15) is 9.67 Å². The average molecular weight is 377 g/mol. The number of amides is 1. The van der Waals surface area contributed by atoms with Gasteiger partial charge in [0.1, 0.15) is 17.2 Å². The van der Waals surface area contributed by atoms with Crippen molar-refractivity contribution in [2.75, 3.05) is 31.1 Å². The minimum Gasteiger partial charge on any atom is -0.444 e. The van der Waals surface area contributed by atoms with E-state index in [-0.39, 0.29) is 17.9 Å². The maximum absolute atomic E-state index is 14.3. The van der Waals surface area contributed by atoms with Crippen LogP contribution in [0.5, 0.6) is 0 Å². The average Bonchev–Trinajstić information content (AvgIpc) is 2.92. The molecule has 146 valence electrons. The van der Waals surface area contributed by atoms with E-state index in [9.17, 15) is 9.18 Å². The summed E-state index contributed by atoms with van der Waals surface area (Å²) in [6.45, 7) is 10.8. The molecule has 27 heavy (non-hydrogen) atoms. The number of carbonyl (C=O) groups excluding carboxylic acids is 1. The van der Waals surface area contributed by atoms with Crippen molar-refractivity contribution in [2.45, 2.75) is 40.2 Å². The van der Waals surface area contributed by atoms with Crippen molar-refractivity contribution >= 4 is 11.9 Å². The first-order valence-electron chi connectivity index (χ1n) is 8.80. The van der Waals surface area contributed by atoms with Crippen LogP contribution in [0.1, 0.15) is 32.4 Å². The Bertz CT molecular complexity index is 838. The molecule has 0 atom stereocenters. The Morgan fingerprint density at radius 2 is 1.81 bits per heavy atom. The molecule has 3 heterocycles. The summed E-state index contributed by atoms with van der Waals surface area (Å²) < 4.78 is 21.2. The zero-order chi connectivity index (χ0) is 19.8. The highest BCUT2D eigenvalue weighted by atomic mass is 19.1. The molecule has 1 aliphatic rings. The van der Waals surface area contributed by atoms with Crippen LogP contribution in [0.4, 0.5) is 15.0 Å². The number of rotatable bonds is 2.